The molecular weight excluding hydrogens is 316 g/mol. The zero-order chi connectivity index (χ0) is 18.4. The van der Waals surface area contributed by atoms with E-state index in [1.807, 2.05) is 31.2 Å². The fourth-order valence-corrected chi connectivity index (χ4v) is 2.58. The molecule has 2 rings (SSSR count). The van der Waals surface area contributed by atoms with Crippen LogP contribution in [0.5, 0.6) is 0 Å². The molecule has 0 radical (unpaired) electrons. The zero-order valence-electron chi connectivity index (χ0n) is 14.8. The molecule has 0 fully saturated rings. The minimum Gasteiger partial charge on any atom is -0.397 e. The lowest BCUT2D eigenvalue weighted by Gasteiger charge is -2.22. The molecule has 0 heterocycles. The number of carbonyl (C=O) groups is 2. The first-order valence-corrected chi connectivity index (χ1v) is 8.22. The SMILES string of the molecule is CCCC(=O)Nc1c(N)cccc1C(=O)N(C)c1ccccc1NC. The van der Waals surface area contributed by atoms with E-state index in [0.717, 1.165) is 17.8 Å². The van der Waals surface area contributed by atoms with Crippen LogP contribution in [0.25, 0.3) is 0 Å². The van der Waals surface area contributed by atoms with Gasteiger partial charge in [-0.25, -0.2) is 0 Å². The highest BCUT2D eigenvalue weighted by Gasteiger charge is 2.21. The Kier molecular flexibility index (Phi) is 6.00. The Hall–Kier alpha value is -3.02. The molecule has 0 aliphatic heterocycles. The number of rotatable bonds is 6. The highest BCUT2D eigenvalue weighted by atomic mass is 16.2. The molecule has 0 saturated carbocycles. The number of para-hydroxylation sites is 3. The first-order valence-electron chi connectivity index (χ1n) is 8.22. The van der Waals surface area contributed by atoms with E-state index < -0.39 is 0 Å². The molecule has 2 aromatic carbocycles. The third-order valence-corrected chi connectivity index (χ3v) is 3.91. The van der Waals surface area contributed by atoms with E-state index in [1.165, 1.54) is 4.90 Å². The fourth-order valence-electron chi connectivity index (χ4n) is 2.58. The van der Waals surface area contributed by atoms with Crippen molar-refractivity contribution in [2.75, 3.05) is 35.4 Å². The number of benzene rings is 2. The third kappa shape index (κ3) is 4.09. The Morgan fingerprint density at radius 2 is 1.84 bits per heavy atom. The lowest BCUT2D eigenvalue weighted by Crippen LogP contribution is -2.28. The fraction of sp³-hybridized carbons (Fsp3) is 0.263. The summed E-state index contributed by atoms with van der Waals surface area (Å²) >= 11 is 0. The van der Waals surface area contributed by atoms with E-state index in [9.17, 15) is 9.59 Å². The normalized spacial score (nSPS) is 10.2. The average Bonchev–Trinajstić information content (AvgIpc) is 2.62. The largest absolute Gasteiger partial charge is 0.397 e. The van der Waals surface area contributed by atoms with E-state index in [1.54, 1.807) is 32.3 Å². The standard InChI is InChI=1S/C19H24N4O2/c1-4-8-17(24)22-18-13(9-7-10-14(18)20)19(25)23(3)16-12-6-5-11-15(16)21-2/h5-7,9-12,21H,4,8,20H2,1-3H3,(H,22,24). The highest BCUT2D eigenvalue weighted by Crippen LogP contribution is 2.29. The average molecular weight is 340 g/mol. The van der Waals surface area contributed by atoms with Gasteiger partial charge in [0.05, 0.1) is 28.3 Å². The van der Waals surface area contributed by atoms with Crippen molar-refractivity contribution in [2.45, 2.75) is 19.8 Å². The smallest absolute Gasteiger partial charge is 0.260 e. The van der Waals surface area contributed by atoms with Gasteiger partial charge in [-0.3, -0.25) is 9.59 Å². The number of nitrogens with two attached hydrogens (primary N) is 1. The van der Waals surface area contributed by atoms with Gasteiger partial charge in [-0.15, -0.1) is 0 Å². The van der Waals surface area contributed by atoms with Gasteiger partial charge >= 0.3 is 0 Å². The predicted molar refractivity (Wildman–Crippen MR) is 103 cm³/mol. The summed E-state index contributed by atoms with van der Waals surface area (Å²) < 4.78 is 0. The Balaban J connectivity index is 2.38. The number of hydrogen-bond acceptors (Lipinski definition) is 4. The van der Waals surface area contributed by atoms with E-state index >= 15 is 0 Å². The van der Waals surface area contributed by atoms with Crippen molar-refractivity contribution in [3.05, 3.63) is 48.0 Å². The minimum atomic E-state index is -0.248. The van der Waals surface area contributed by atoms with Crippen molar-refractivity contribution in [3.63, 3.8) is 0 Å². The van der Waals surface area contributed by atoms with Crippen LogP contribution in [-0.2, 0) is 4.79 Å². The van der Waals surface area contributed by atoms with Gasteiger partial charge in [-0.1, -0.05) is 25.1 Å². The second-order valence-corrected chi connectivity index (χ2v) is 5.70. The molecule has 0 aromatic heterocycles. The second-order valence-electron chi connectivity index (χ2n) is 5.70. The summed E-state index contributed by atoms with van der Waals surface area (Å²) in [5, 5.41) is 5.84. The molecule has 6 nitrogen and oxygen atoms in total. The van der Waals surface area contributed by atoms with Gasteiger partial charge in [0.1, 0.15) is 0 Å². The number of nitrogen functional groups attached to an aromatic ring is 1. The van der Waals surface area contributed by atoms with Crippen LogP contribution in [0.3, 0.4) is 0 Å². The Morgan fingerprint density at radius 1 is 1.12 bits per heavy atom. The van der Waals surface area contributed by atoms with Gasteiger partial charge in [0.25, 0.3) is 5.91 Å². The molecule has 2 amide bonds. The zero-order valence-corrected chi connectivity index (χ0v) is 14.8. The lowest BCUT2D eigenvalue weighted by atomic mass is 10.1. The van der Waals surface area contributed by atoms with Gasteiger partial charge in [-0.2, -0.15) is 0 Å². The second kappa shape index (κ2) is 8.19. The van der Waals surface area contributed by atoms with E-state index in [0.29, 0.717) is 23.4 Å². The minimum absolute atomic E-state index is 0.160. The van der Waals surface area contributed by atoms with Crippen LogP contribution in [0.15, 0.2) is 42.5 Å². The predicted octanol–water partition coefficient (Wildman–Crippen LogP) is 3.33. The van der Waals surface area contributed by atoms with Crippen molar-refractivity contribution < 1.29 is 9.59 Å². The highest BCUT2D eigenvalue weighted by molar-refractivity contribution is 6.13. The molecule has 0 unspecified atom stereocenters. The van der Waals surface area contributed by atoms with Gasteiger partial charge < -0.3 is 21.3 Å². The number of nitrogens with zero attached hydrogens (tertiary/aromatic N) is 1. The molecule has 0 atom stereocenters. The summed E-state index contributed by atoms with van der Waals surface area (Å²) in [6.45, 7) is 1.92. The van der Waals surface area contributed by atoms with E-state index in [4.69, 9.17) is 5.73 Å². The molecule has 2 aromatic rings. The molecule has 0 saturated heterocycles. The van der Waals surface area contributed by atoms with Crippen molar-refractivity contribution in [3.8, 4) is 0 Å². The van der Waals surface area contributed by atoms with Crippen LogP contribution >= 0.6 is 0 Å². The molecule has 4 N–H and O–H groups in total. The first-order chi connectivity index (χ1) is 12.0. The summed E-state index contributed by atoms with van der Waals surface area (Å²) in [4.78, 5) is 26.5. The Labute approximate surface area is 148 Å². The first kappa shape index (κ1) is 18.3. The van der Waals surface area contributed by atoms with E-state index in [2.05, 4.69) is 10.6 Å². The Morgan fingerprint density at radius 3 is 2.52 bits per heavy atom. The summed E-state index contributed by atoms with van der Waals surface area (Å²) in [6, 6.07) is 12.5. The summed E-state index contributed by atoms with van der Waals surface area (Å²) in [7, 11) is 3.49. The quantitative estimate of drug-likeness (QED) is 0.704. The van der Waals surface area contributed by atoms with Gasteiger partial charge in [-0.05, 0) is 30.7 Å². The van der Waals surface area contributed by atoms with Crippen molar-refractivity contribution in [2.24, 2.45) is 0 Å². The van der Waals surface area contributed by atoms with Crippen molar-refractivity contribution >= 4 is 34.6 Å². The molecule has 0 aliphatic rings. The number of amides is 2. The van der Waals surface area contributed by atoms with E-state index in [-0.39, 0.29) is 11.8 Å². The maximum Gasteiger partial charge on any atom is 0.260 e. The number of carbonyl (C=O) groups excluding carboxylic acids is 2. The molecule has 132 valence electrons. The van der Waals surface area contributed by atoms with Crippen molar-refractivity contribution in [1.82, 2.24) is 0 Å². The summed E-state index contributed by atoms with van der Waals surface area (Å²) in [5.74, 6) is -0.408. The van der Waals surface area contributed by atoms with Gasteiger partial charge in [0, 0.05) is 20.5 Å². The molecule has 0 aliphatic carbocycles. The molecule has 25 heavy (non-hydrogen) atoms. The number of anilines is 4. The topological polar surface area (TPSA) is 87.5 Å². The molecule has 0 spiro atoms. The van der Waals surface area contributed by atoms with Gasteiger partial charge in [0.15, 0.2) is 0 Å². The van der Waals surface area contributed by atoms with Crippen LogP contribution in [-0.4, -0.2) is 25.9 Å². The number of hydrogen-bond donors (Lipinski definition) is 3. The van der Waals surface area contributed by atoms with Crippen LogP contribution in [0.4, 0.5) is 22.7 Å². The Bertz CT molecular complexity index is 774. The van der Waals surface area contributed by atoms with Crippen LogP contribution in [0, 0.1) is 0 Å². The summed E-state index contributed by atoms with van der Waals surface area (Å²) in [6.07, 6.45) is 1.09. The van der Waals surface area contributed by atoms with Crippen LogP contribution in [0.1, 0.15) is 30.1 Å². The monoisotopic (exact) mass is 340 g/mol. The molecular formula is C19H24N4O2. The van der Waals surface area contributed by atoms with Crippen LogP contribution in [0.2, 0.25) is 0 Å². The molecule has 6 heteroatoms. The summed E-state index contributed by atoms with van der Waals surface area (Å²) in [5.41, 5.74) is 8.66. The maximum atomic E-state index is 13.0. The van der Waals surface area contributed by atoms with Crippen molar-refractivity contribution in [1.29, 1.82) is 0 Å². The molecule has 0 bridgehead atoms. The maximum absolute atomic E-state index is 13.0. The number of nitrogens with one attached hydrogen (secondary N) is 2. The van der Waals surface area contributed by atoms with Gasteiger partial charge in [0.2, 0.25) is 5.91 Å². The third-order valence-electron chi connectivity index (χ3n) is 3.91. The van der Waals surface area contributed by atoms with Crippen LogP contribution < -0.4 is 21.3 Å². The lowest BCUT2D eigenvalue weighted by molar-refractivity contribution is -0.116.